The summed E-state index contributed by atoms with van der Waals surface area (Å²) in [6.07, 6.45) is 0.893. The van der Waals surface area contributed by atoms with Crippen LogP contribution in [0.3, 0.4) is 0 Å². The van der Waals surface area contributed by atoms with Crippen molar-refractivity contribution in [3.8, 4) is 11.5 Å². The van der Waals surface area contributed by atoms with Crippen molar-refractivity contribution in [1.82, 2.24) is 0 Å². The first-order valence-corrected chi connectivity index (χ1v) is 11.0. The largest absolute Gasteiger partial charge is 0.494 e. The van der Waals surface area contributed by atoms with Gasteiger partial charge in [-0.3, -0.25) is 9.59 Å². The van der Waals surface area contributed by atoms with Crippen molar-refractivity contribution in [2.24, 2.45) is 0 Å². The molecule has 0 saturated heterocycles. The van der Waals surface area contributed by atoms with E-state index in [4.69, 9.17) is 9.47 Å². The summed E-state index contributed by atoms with van der Waals surface area (Å²) >= 11 is 0. The van der Waals surface area contributed by atoms with Crippen LogP contribution in [0.5, 0.6) is 11.5 Å². The van der Waals surface area contributed by atoms with Crippen molar-refractivity contribution in [1.29, 1.82) is 0 Å². The van der Waals surface area contributed by atoms with Crippen LogP contribution in [0, 0.1) is 0 Å². The number of hydrogen-bond acceptors (Lipinski definition) is 5. The Morgan fingerprint density at radius 3 is 2.24 bits per heavy atom. The Morgan fingerprint density at radius 1 is 0.788 bits per heavy atom. The van der Waals surface area contributed by atoms with Crippen LogP contribution in [0.2, 0.25) is 0 Å². The lowest BCUT2D eigenvalue weighted by Crippen LogP contribution is -2.32. The second-order valence-corrected chi connectivity index (χ2v) is 7.49. The third-order valence-corrected chi connectivity index (χ3v) is 5.11. The maximum absolute atomic E-state index is 13.5. The molecule has 2 amide bonds. The van der Waals surface area contributed by atoms with Crippen LogP contribution in [0.4, 0.5) is 11.4 Å². The predicted octanol–water partition coefficient (Wildman–Crippen LogP) is 5.27. The summed E-state index contributed by atoms with van der Waals surface area (Å²) in [6.45, 7) is 5.01. The molecular weight excluding hydrogens is 416 g/mol. The van der Waals surface area contributed by atoms with Gasteiger partial charge in [0.15, 0.2) is 0 Å². The molecule has 0 radical (unpaired) electrons. The number of anilines is 2. The highest BCUT2D eigenvalue weighted by Gasteiger charge is 2.40. The van der Waals surface area contributed by atoms with Crippen molar-refractivity contribution < 1.29 is 19.1 Å². The Labute approximate surface area is 193 Å². The zero-order chi connectivity index (χ0) is 23.2. The average molecular weight is 443 g/mol. The van der Waals surface area contributed by atoms with Crippen LogP contribution in [0.1, 0.15) is 25.8 Å². The third kappa shape index (κ3) is 4.75. The van der Waals surface area contributed by atoms with Crippen molar-refractivity contribution in [3.05, 3.63) is 90.1 Å². The number of amides is 2. The lowest BCUT2D eigenvalue weighted by molar-refractivity contribution is -0.120. The number of benzene rings is 3. The van der Waals surface area contributed by atoms with Gasteiger partial charge in [0.2, 0.25) is 0 Å². The summed E-state index contributed by atoms with van der Waals surface area (Å²) in [5.74, 6) is 0.480. The lowest BCUT2D eigenvalue weighted by atomic mass is 10.0. The summed E-state index contributed by atoms with van der Waals surface area (Å²) in [4.78, 5) is 28.3. The minimum absolute atomic E-state index is 0.223. The number of rotatable bonds is 9. The summed E-state index contributed by atoms with van der Waals surface area (Å²) in [7, 11) is 0. The van der Waals surface area contributed by atoms with E-state index in [2.05, 4.69) is 5.32 Å². The van der Waals surface area contributed by atoms with Crippen molar-refractivity contribution >= 4 is 28.8 Å². The molecule has 1 aliphatic heterocycles. The van der Waals surface area contributed by atoms with Crippen LogP contribution in [0.25, 0.3) is 5.57 Å². The summed E-state index contributed by atoms with van der Waals surface area (Å²) < 4.78 is 11.3. The minimum atomic E-state index is -0.424. The monoisotopic (exact) mass is 442 g/mol. The third-order valence-electron chi connectivity index (χ3n) is 5.11. The molecule has 0 fully saturated rings. The normalized spacial score (nSPS) is 13.5. The minimum Gasteiger partial charge on any atom is -0.494 e. The number of imide groups is 1. The highest BCUT2D eigenvalue weighted by molar-refractivity contribution is 6.46. The zero-order valence-corrected chi connectivity index (χ0v) is 18.7. The molecule has 6 nitrogen and oxygen atoms in total. The van der Waals surface area contributed by atoms with E-state index < -0.39 is 5.91 Å². The molecule has 0 aliphatic carbocycles. The van der Waals surface area contributed by atoms with Gasteiger partial charge in [0, 0.05) is 17.8 Å². The van der Waals surface area contributed by atoms with Crippen LogP contribution >= 0.6 is 0 Å². The summed E-state index contributed by atoms with van der Waals surface area (Å²) in [6, 6.07) is 23.6. The van der Waals surface area contributed by atoms with Crippen LogP contribution in [0.15, 0.2) is 84.6 Å². The van der Waals surface area contributed by atoms with Gasteiger partial charge < -0.3 is 14.8 Å². The first kappa shape index (κ1) is 22.1. The quantitative estimate of drug-likeness (QED) is 0.457. The molecule has 0 unspecified atom stereocenters. The summed E-state index contributed by atoms with van der Waals surface area (Å²) in [5, 5.41) is 3.18. The van der Waals surface area contributed by atoms with Gasteiger partial charge in [0.25, 0.3) is 11.8 Å². The molecule has 0 atom stereocenters. The molecule has 1 N–H and O–H groups in total. The smallest absolute Gasteiger partial charge is 0.282 e. The van der Waals surface area contributed by atoms with E-state index in [9.17, 15) is 9.59 Å². The highest BCUT2D eigenvalue weighted by Crippen LogP contribution is 2.35. The Hall–Kier alpha value is -4.06. The average Bonchev–Trinajstić information content (AvgIpc) is 3.08. The topological polar surface area (TPSA) is 67.9 Å². The molecule has 33 heavy (non-hydrogen) atoms. The van der Waals surface area contributed by atoms with Crippen molar-refractivity contribution in [2.45, 2.75) is 20.3 Å². The summed E-state index contributed by atoms with van der Waals surface area (Å²) in [5.41, 5.74) is 2.34. The van der Waals surface area contributed by atoms with E-state index in [1.54, 1.807) is 24.3 Å². The van der Waals surface area contributed by atoms with Gasteiger partial charge in [-0.25, -0.2) is 4.90 Å². The van der Waals surface area contributed by atoms with Gasteiger partial charge in [-0.05, 0) is 43.2 Å². The Kier molecular flexibility index (Phi) is 6.74. The van der Waals surface area contributed by atoms with Crippen molar-refractivity contribution in [3.63, 3.8) is 0 Å². The van der Waals surface area contributed by atoms with E-state index in [1.807, 2.05) is 68.4 Å². The molecule has 6 heteroatoms. The Balaban J connectivity index is 1.73. The van der Waals surface area contributed by atoms with Gasteiger partial charge in [0.05, 0.1) is 24.5 Å². The van der Waals surface area contributed by atoms with Crippen LogP contribution in [-0.2, 0) is 9.59 Å². The van der Waals surface area contributed by atoms with Gasteiger partial charge in [-0.1, -0.05) is 49.4 Å². The van der Waals surface area contributed by atoms with Crippen molar-refractivity contribution in [2.75, 3.05) is 23.4 Å². The van der Waals surface area contributed by atoms with E-state index in [0.717, 1.165) is 6.42 Å². The molecule has 3 aromatic carbocycles. The molecular formula is C27H26N2O4. The molecule has 168 valence electrons. The molecule has 4 rings (SSSR count). The Morgan fingerprint density at radius 2 is 1.52 bits per heavy atom. The van der Waals surface area contributed by atoms with E-state index in [0.29, 0.717) is 47.2 Å². The molecule has 1 heterocycles. The second-order valence-electron chi connectivity index (χ2n) is 7.49. The maximum atomic E-state index is 13.5. The fraction of sp³-hybridized carbons (Fsp3) is 0.185. The SMILES string of the molecule is CCCOc1cccc(NC2=C(c3ccccc3)C(=O)N(c3cccc(OCC)c3)C2=O)c1. The van der Waals surface area contributed by atoms with Crippen LogP contribution < -0.4 is 19.7 Å². The Bertz CT molecular complexity index is 1190. The van der Waals surface area contributed by atoms with Gasteiger partial charge >= 0.3 is 0 Å². The number of nitrogens with one attached hydrogen (secondary N) is 1. The molecule has 0 aromatic heterocycles. The zero-order valence-electron chi connectivity index (χ0n) is 18.7. The number of carbonyl (C=O) groups excluding carboxylic acids is 2. The highest BCUT2D eigenvalue weighted by atomic mass is 16.5. The molecule has 0 spiro atoms. The molecule has 0 saturated carbocycles. The fourth-order valence-corrected chi connectivity index (χ4v) is 3.66. The standard InChI is InChI=1S/C27H26N2O4/c1-3-16-33-22-14-8-12-20(17-22)28-25-24(19-10-6-5-7-11-19)26(30)29(27(25)31)21-13-9-15-23(18-21)32-4-2/h5-15,17-18,28H,3-4,16H2,1-2H3. The number of nitrogens with zero attached hydrogens (tertiary/aromatic N) is 1. The molecule has 1 aliphatic rings. The first-order chi connectivity index (χ1) is 16.1. The van der Waals surface area contributed by atoms with Crippen LogP contribution in [-0.4, -0.2) is 25.0 Å². The molecule has 0 bridgehead atoms. The number of carbonyl (C=O) groups is 2. The van der Waals surface area contributed by atoms with E-state index in [1.165, 1.54) is 4.90 Å². The fourth-order valence-electron chi connectivity index (χ4n) is 3.66. The second kappa shape index (κ2) is 10.0. The van der Waals surface area contributed by atoms with E-state index in [-0.39, 0.29) is 11.6 Å². The predicted molar refractivity (Wildman–Crippen MR) is 129 cm³/mol. The van der Waals surface area contributed by atoms with E-state index >= 15 is 0 Å². The number of hydrogen-bond donors (Lipinski definition) is 1. The van der Waals surface area contributed by atoms with Gasteiger partial charge in [-0.2, -0.15) is 0 Å². The lowest BCUT2D eigenvalue weighted by Gasteiger charge is -2.16. The first-order valence-electron chi connectivity index (χ1n) is 11.0. The number of ether oxygens (including phenoxy) is 2. The van der Waals surface area contributed by atoms with Gasteiger partial charge in [-0.15, -0.1) is 0 Å². The maximum Gasteiger partial charge on any atom is 0.282 e. The van der Waals surface area contributed by atoms with Gasteiger partial charge in [0.1, 0.15) is 17.2 Å². The molecule has 3 aromatic rings.